The number of fused-ring (bicyclic) bond motifs is 1. The summed E-state index contributed by atoms with van der Waals surface area (Å²) < 4.78 is 5.70. The third-order valence-electron chi connectivity index (χ3n) is 1.86. The molecule has 0 aliphatic rings. The maximum Gasteiger partial charge on any atom is 0.356 e. The monoisotopic (exact) mass is 242 g/mol. The van der Waals surface area contributed by atoms with Crippen molar-refractivity contribution >= 4 is 23.3 Å². The van der Waals surface area contributed by atoms with Crippen molar-refractivity contribution in [3.63, 3.8) is 0 Å². The first kappa shape index (κ1) is 10.6. The summed E-state index contributed by atoms with van der Waals surface area (Å²) in [5.41, 5.74) is -0.731. The minimum absolute atomic E-state index is 0.117. The van der Waals surface area contributed by atoms with Gasteiger partial charge in [0, 0.05) is 0 Å². The second-order valence-electron chi connectivity index (χ2n) is 2.84. The molecule has 2 heterocycles. The standard InChI is InChI=1S/C8H7ClN4O3/c1-2-16-7(15)5-4(9)6(14)13-8(12-5)10-3-11-13/h3H,2H2,1H3,(H,10,11,12). The molecule has 2 aromatic heterocycles. The fourth-order valence-electron chi connectivity index (χ4n) is 1.19. The molecule has 16 heavy (non-hydrogen) atoms. The molecule has 1 N–H and O–H groups in total. The highest BCUT2D eigenvalue weighted by Gasteiger charge is 2.18. The molecule has 0 bridgehead atoms. The van der Waals surface area contributed by atoms with Crippen LogP contribution in [-0.2, 0) is 4.74 Å². The van der Waals surface area contributed by atoms with Crippen molar-refractivity contribution in [3.8, 4) is 0 Å². The Balaban J connectivity index is 2.66. The number of carbonyl (C=O) groups excluding carboxylic acids is 1. The number of esters is 1. The van der Waals surface area contributed by atoms with Gasteiger partial charge in [0.15, 0.2) is 5.69 Å². The van der Waals surface area contributed by atoms with Gasteiger partial charge in [-0.25, -0.2) is 4.79 Å². The van der Waals surface area contributed by atoms with E-state index in [1.807, 2.05) is 0 Å². The molecule has 0 aromatic carbocycles. The molecule has 0 unspecified atom stereocenters. The Morgan fingerprint density at radius 1 is 1.69 bits per heavy atom. The van der Waals surface area contributed by atoms with Crippen LogP contribution in [0.1, 0.15) is 17.4 Å². The van der Waals surface area contributed by atoms with E-state index in [0.29, 0.717) is 0 Å². The molecule has 0 aliphatic carbocycles. The van der Waals surface area contributed by atoms with Gasteiger partial charge in [0.05, 0.1) is 6.61 Å². The third kappa shape index (κ3) is 1.54. The Kier molecular flexibility index (Phi) is 2.61. The highest BCUT2D eigenvalue weighted by atomic mass is 35.5. The quantitative estimate of drug-likeness (QED) is 0.763. The topological polar surface area (TPSA) is 89.3 Å². The minimum Gasteiger partial charge on any atom is -0.461 e. The van der Waals surface area contributed by atoms with Gasteiger partial charge in [0.2, 0.25) is 5.78 Å². The lowest BCUT2D eigenvalue weighted by Gasteiger charge is -2.03. The number of H-pyrrole nitrogens is 1. The zero-order chi connectivity index (χ0) is 11.7. The van der Waals surface area contributed by atoms with E-state index in [0.717, 1.165) is 4.52 Å². The van der Waals surface area contributed by atoms with E-state index in [9.17, 15) is 9.59 Å². The third-order valence-corrected chi connectivity index (χ3v) is 2.21. The zero-order valence-corrected chi connectivity index (χ0v) is 8.98. The average molecular weight is 243 g/mol. The van der Waals surface area contributed by atoms with E-state index in [-0.39, 0.29) is 23.1 Å². The minimum atomic E-state index is -0.699. The van der Waals surface area contributed by atoms with Crippen LogP contribution in [0.25, 0.3) is 5.78 Å². The van der Waals surface area contributed by atoms with Crippen molar-refractivity contribution in [2.24, 2.45) is 0 Å². The Labute approximate surface area is 94.0 Å². The number of halogens is 1. The summed E-state index contributed by atoms with van der Waals surface area (Å²) in [6.45, 7) is 1.84. The number of rotatable bonds is 2. The normalized spacial score (nSPS) is 10.6. The summed E-state index contributed by atoms with van der Waals surface area (Å²) >= 11 is 5.73. The number of nitrogens with one attached hydrogen (secondary N) is 1. The Bertz CT molecular complexity index is 603. The van der Waals surface area contributed by atoms with Crippen LogP contribution in [0.5, 0.6) is 0 Å². The summed E-state index contributed by atoms with van der Waals surface area (Å²) in [6, 6.07) is 0. The van der Waals surface area contributed by atoms with E-state index in [4.69, 9.17) is 16.3 Å². The van der Waals surface area contributed by atoms with Gasteiger partial charge in [0.1, 0.15) is 11.3 Å². The van der Waals surface area contributed by atoms with E-state index < -0.39 is 11.5 Å². The molecule has 7 nitrogen and oxygen atoms in total. The Morgan fingerprint density at radius 3 is 3.12 bits per heavy atom. The fourth-order valence-corrected chi connectivity index (χ4v) is 1.39. The summed E-state index contributed by atoms with van der Waals surface area (Å²) in [5.74, 6) is -0.562. The highest BCUT2D eigenvalue weighted by Crippen LogP contribution is 2.10. The number of aromatic amines is 1. The molecule has 0 spiro atoms. The van der Waals surface area contributed by atoms with Gasteiger partial charge in [0.25, 0.3) is 5.56 Å². The predicted molar refractivity (Wildman–Crippen MR) is 54.6 cm³/mol. The zero-order valence-electron chi connectivity index (χ0n) is 8.23. The van der Waals surface area contributed by atoms with Crippen molar-refractivity contribution in [2.75, 3.05) is 6.61 Å². The van der Waals surface area contributed by atoms with Gasteiger partial charge in [-0.3, -0.25) is 4.79 Å². The second-order valence-corrected chi connectivity index (χ2v) is 3.21. The number of hydrogen-bond acceptors (Lipinski definition) is 5. The maximum absolute atomic E-state index is 11.6. The van der Waals surface area contributed by atoms with Gasteiger partial charge in [-0.05, 0) is 6.92 Å². The molecule has 0 saturated heterocycles. The average Bonchev–Trinajstić information content (AvgIpc) is 2.71. The van der Waals surface area contributed by atoms with Crippen molar-refractivity contribution in [1.82, 2.24) is 19.6 Å². The summed E-state index contributed by atoms with van der Waals surface area (Å²) in [7, 11) is 0. The first-order chi connectivity index (χ1) is 7.65. The second kappa shape index (κ2) is 3.93. The number of nitrogens with zero attached hydrogens (tertiary/aromatic N) is 3. The van der Waals surface area contributed by atoms with Crippen LogP contribution < -0.4 is 5.56 Å². The summed E-state index contributed by atoms with van der Waals surface area (Å²) in [5, 5.41) is 3.38. The maximum atomic E-state index is 11.6. The summed E-state index contributed by atoms with van der Waals surface area (Å²) in [6.07, 6.45) is 1.18. The molecule has 0 fully saturated rings. The van der Waals surface area contributed by atoms with Crippen molar-refractivity contribution in [3.05, 3.63) is 27.4 Å². The molecular formula is C8H7ClN4O3. The van der Waals surface area contributed by atoms with Crippen LogP contribution in [-0.4, -0.2) is 32.2 Å². The van der Waals surface area contributed by atoms with Crippen LogP contribution in [0.15, 0.2) is 11.1 Å². The van der Waals surface area contributed by atoms with Gasteiger partial charge in [-0.15, -0.1) is 0 Å². The molecule has 2 aromatic rings. The smallest absolute Gasteiger partial charge is 0.356 e. The molecule has 0 saturated carbocycles. The van der Waals surface area contributed by atoms with Crippen molar-refractivity contribution in [1.29, 1.82) is 0 Å². The molecule has 2 rings (SSSR count). The van der Waals surface area contributed by atoms with Gasteiger partial charge >= 0.3 is 5.97 Å². The molecule has 0 radical (unpaired) electrons. The number of aromatic nitrogens is 4. The molecule has 0 atom stereocenters. The molecule has 8 heteroatoms. The molecule has 0 amide bonds. The molecule has 0 aliphatic heterocycles. The fraction of sp³-hybridized carbons (Fsp3) is 0.250. The number of hydrogen-bond donors (Lipinski definition) is 1. The largest absolute Gasteiger partial charge is 0.461 e. The van der Waals surface area contributed by atoms with Crippen LogP contribution in [0.4, 0.5) is 0 Å². The Morgan fingerprint density at radius 2 is 2.44 bits per heavy atom. The lowest BCUT2D eigenvalue weighted by Crippen LogP contribution is -2.21. The molecular weight excluding hydrogens is 236 g/mol. The van der Waals surface area contributed by atoms with Crippen molar-refractivity contribution in [2.45, 2.75) is 6.92 Å². The van der Waals surface area contributed by atoms with E-state index in [2.05, 4.69) is 15.1 Å². The first-order valence-corrected chi connectivity index (χ1v) is 4.81. The number of carbonyl (C=O) groups is 1. The van der Waals surface area contributed by atoms with Crippen LogP contribution >= 0.6 is 11.6 Å². The van der Waals surface area contributed by atoms with E-state index in [1.165, 1.54) is 6.33 Å². The van der Waals surface area contributed by atoms with Crippen LogP contribution in [0, 0.1) is 0 Å². The lowest BCUT2D eigenvalue weighted by molar-refractivity contribution is 0.0519. The van der Waals surface area contributed by atoms with Gasteiger partial charge < -0.3 is 9.72 Å². The van der Waals surface area contributed by atoms with Crippen LogP contribution in [0.2, 0.25) is 5.02 Å². The first-order valence-electron chi connectivity index (χ1n) is 4.43. The van der Waals surface area contributed by atoms with Gasteiger partial charge in [-0.1, -0.05) is 11.6 Å². The molecule has 84 valence electrons. The van der Waals surface area contributed by atoms with E-state index in [1.54, 1.807) is 6.92 Å². The van der Waals surface area contributed by atoms with Gasteiger partial charge in [-0.2, -0.15) is 14.6 Å². The summed E-state index contributed by atoms with van der Waals surface area (Å²) in [4.78, 5) is 29.4. The highest BCUT2D eigenvalue weighted by molar-refractivity contribution is 6.33. The lowest BCUT2D eigenvalue weighted by atomic mass is 10.4. The van der Waals surface area contributed by atoms with Crippen LogP contribution in [0.3, 0.4) is 0 Å². The SMILES string of the molecule is CCOC(=O)c1[nH]c2ncnn2c(=O)c1Cl. The van der Waals surface area contributed by atoms with E-state index >= 15 is 0 Å². The number of ether oxygens (including phenoxy) is 1. The van der Waals surface area contributed by atoms with Crippen molar-refractivity contribution < 1.29 is 9.53 Å². The predicted octanol–water partition coefficient (Wildman–Crippen LogP) is 0.248. The Hall–Kier alpha value is -1.89.